The number of rotatable bonds is 5. The molecule has 2 aromatic carbocycles. The predicted molar refractivity (Wildman–Crippen MR) is 90.0 cm³/mol. The summed E-state index contributed by atoms with van der Waals surface area (Å²) in [6.45, 7) is 4.11. The van der Waals surface area contributed by atoms with Crippen LogP contribution in [-0.2, 0) is 5.54 Å². The lowest BCUT2D eigenvalue weighted by Crippen LogP contribution is -2.35. The Morgan fingerprint density at radius 2 is 1.76 bits per heavy atom. The van der Waals surface area contributed by atoms with E-state index in [1.165, 1.54) is 5.56 Å². The zero-order chi connectivity index (χ0) is 15.5. The maximum atomic E-state index is 9.87. The Morgan fingerprint density at radius 3 is 2.29 bits per heavy atom. The second kappa shape index (κ2) is 6.19. The van der Waals surface area contributed by atoms with Crippen LogP contribution >= 0.6 is 0 Å². The molecular formula is C18H24N2O. The topological polar surface area (TPSA) is 35.5 Å². The van der Waals surface area contributed by atoms with Crippen LogP contribution in [0.4, 0.5) is 11.4 Å². The third-order valence-corrected chi connectivity index (χ3v) is 3.78. The van der Waals surface area contributed by atoms with Gasteiger partial charge in [-0.05, 0) is 49.2 Å². The quantitative estimate of drug-likeness (QED) is 0.883. The van der Waals surface area contributed by atoms with E-state index in [0.29, 0.717) is 0 Å². The van der Waals surface area contributed by atoms with Crippen LogP contribution in [0.1, 0.15) is 18.1 Å². The number of aliphatic hydroxyl groups excluding tert-OH is 1. The minimum Gasteiger partial charge on any atom is -0.394 e. The van der Waals surface area contributed by atoms with Crippen molar-refractivity contribution in [2.75, 3.05) is 30.9 Å². The Balaban J connectivity index is 2.27. The molecule has 1 atom stereocenters. The highest BCUT2D eigenvalue weighted by molar-refractivity contribution is 5.52. The lowest BCUT2D eigenvalue weighted by molar-refractivity contribution is 0.224. The van der Waals surface area contributed by atoms with Crippen LogP contribution in [0.2, 0.25) is 0 Å². The van der Waals surface area contributed by atoms with Gasteiger partial charge < -0.3 is 15.3 Å². The summed E-state index contributed by atoms with van der Waals surface area (Å²) >= 11 is 0. The molecule has 1 unspecified atom stereocenters. The maximum absolute atomic E-state index is 9.87. The van der Waals surface area contributed by atoms with Crippen molar-refractivity contribution in [3.8, 4) is 0 Å². The van der Waals surface area contributed by atoms with E-state index < -0.39 is 5.54 Å². The molecule has 2 aromatic rings. The smallest absolute Gasteiger partial charge is 0.0828 e. The Morgan fingerprint density at radius 1 is 1.10 bits per heavy atom. The van der Waals surface area contributed by atoms with Crippen molar-refractivity contribution in [1.29, 1.82) is 0 Å². The molecule has 3 nitrogen and oxygen atoms in total. The summed E-state index contributed by atoms with van der Waals surface area (Å²) in [6, 6.07) is 16.5. The standard InChI is InChI=1S/C18H24N2O/c1-14-6-5-7-16(12-14)19-18(2,13-21)15-8-10-17(11-9-15)20(3)4/h5-12,19,21H,13H2,1-4H3. The van der Waals surface area contributed by atoms with Gasteiger partial charge in [-0.3, -0.25) is 0 Å². The van der Waals surface area contributed by atoms with Gasteiger partial charge in [0, 0.05) is 25.5 Å². The number of nitrogens with zero attached hydrogens (tertiary/aromatic N) is 1. The second-order valence-electron chi connectivity index (χ2n) is 5.93. The fraction of sp³-hybridized carbons (Fsp3) is 0.333. The number of aryl methyl sites for hydroxylation is 1. The van der Waals surface area contributed by atoms with Gasteiger partial charge in [0.1, 0.15) is 0 Å². The van der Waals surface area contributed by atoms with Gasteiger partial charge in [-0.25, -0.2) is 0 Å². The number of hydrogen-bond acceptors (Lipinski definition) is 3. The van der Waals surface area contributed by atoms with Crippen LogP contribution in [0.25, 0.3) is 0 Å². The molecule has 0 heterocycles. The lowest BCUT2D eigenvalue weighted by Gasteiger charge is -2.31. The molecule has 0 radical (unpaired) electrons. The summed E-state index contributed by atoms with van der Waals surface area (Å²) in [5.74, 6) is 0. The largest absolute Gasteiger partial charge is 0.394 e. The highest BCUT2D eigenvalue weighted by Crippen LogP contribution is 2.27. The van der Waals surface area contributed by atoms with Crippen LogP contribution in [-0.4, -0.2) is 25.8 Å². The van der Waals surface area contributed by atoms with E-state index in [9.17, 15) is 5.11 Å². The first kappa shape index (κ1) is 15.4. The molecule has 0 aromatic heterocycles. The molecule has 0 aliphatic rings. The highest BCUT2D eigenvalue weighted by atomic mass is 16.3. The molecule has 0 amide bonds. The van der Waals surface area contributed by atoms with Crippen molar-refractivity contribution in [3.05, 3.63) is 59.7 Å². The average Bonchev–Trinajstić information content (AvgIpc) is 2.47. The number of aliphatic hydroxyl groups is 1. The molecule has 2 rings (SSSR count). The molecule has 0 aliphatic heterocycles. The zero-order valence-corrected chi connectivity index (χ0v) is 13.2. The third kappa shape index (κ3) is 3.56. The molecule has 21 heavy (non-hydrogen) atoms. The van der Waals surface area contributed by atoms with Crippen molar-refractivity contribution in [3.63, 3.8) is 0 Å². The van der Waals surface area contributed by atoms with E-state index in [4.69, 9.17) is 0 Å². The lowest BCUT2D eigenvalue weighted by atomic mass is 9.92. The molecular weight excluding hydrogens is 260 g/mol. The Bertz CT molecular complexity index is 592. The van der Waals surface area contributed by atoms with E-state index in [1.54, 1.807) is 0 Å². The molecule has 3 heteroatoms. The second-order valence-corrected chi connectivity index (χ2v) is 5.93. The molecule has 0 saturated heterocycles. The number of nitrogens with one attached hydrogen (secondary N) is 1. The SMILES string of the molecule is Cc1cccc(NC(C)(CO)c2ccc(N(C)C)cc2)c1. The van der Waals surface area contributed by atoms with Gasteiger partial charge in [0.25, 0.3) is 0 Å². The maximum Gasteiger partial charge on any atom is 0.0828 e. The third-order valence-electron chi connectivity index (χ3n) is 3.78. The summed E-state index contributed by atoms with van der Waals surface area (Å²) in [6.07, 6.45) is 0. The minimum absolute atomic E-state index is 0.0300. The molecule has 112 valence electrons. The van der Waals surface area contributed by atoms with Gasteiger partial charge >= 0.3 is 0 Å². The first-order chi connectivity index (χ1) is 9.94. The summed E-state index contributed by atoms with van der Waals surface area (Å²) in [4.78, 5) is 2.06. The van der Waals surface area contributed by atoms with Crippen LogP contribution in [0, 0.1) is 6.92 Å². The van der Waals surface area contributed by atoms with Crippen molar-refractivity contribution in [2.45, 2.75) is 19.4 Å². The van der Waals surface area contributed by atoms with E-state index in [0.717, 1.165) is 16.9 Å². The van der Waals surface area contributed by atoms with Crippen LogP contribution in [0.5, 0.6) is 0 Å². The number of hydrogen-bond donors (Lipinski definition) is 2. The summed E-state index contributed by atoms with van der Waals surface area (Å²) in [5, 5.41) is 13.3. The molecule has 0 fully saturated rings. The van der Waals surface area contributed by atoms with E-state index in [2.05, 4.69) is 53.5 Å². The van der Waals surface area contributed by atoms with Crippen molar-refractivity contribution < 1.29 is 5.11 Å². The van der Waals surface area contributed by atoms with E-state index in [-0.39, 0.29) is 6.61 Å². The monoisotopic (exact) mass is 284 g/mol. The first-order valence-electron chi connectivity index (χ1n) is 7.18. The fourth-order valence-corrected chi connectivity index (χ4v) is 2.37. The summed E-state index contributed by atoms with van der Waals surface area (Å²) in [5.41, 5.74) is 3.93. The molecule has 2 N–H and O–H groups in total. The minimum atomic E-state index is -0.501. The van der Waals surface area contributed by atoms with E-state index >= 15 is 0 Å². The predicted octanol–water partition coefficient (Wildman–Crippen LogP) is 3.38. The van der Waals surface area contributed by atoms with Gasteiger partial charge in [-0.2, -0.15) is 0 Å². The Kier molecular flexibility index (Phi) is 4.53. The Hall–Kier alpha value is -2.00. The zero-order valence-electron chi connectivity index (χ0n) is 13.2. The molecule has 0 saturated carbocycles. The van der Waals surface area contributed by atoms with Crippen LogP contribution < -0.4 is 10.2 Å². The highest BCUT2D eigenvalue weighted by Gasteiger charge is 2.25. The van der Waals surface area contributed by atoms with E-state index in [1.807, 2.05) is 33.2 Å². The van der Waals surface area contributed by atoms with Crippen molar-refractivity contribution in [2.24, 2.45) is 0 Å². The molecule has 0 spiro atoms. The summed E-state index contributed by atoms with van der Waals surface area (Å²) in [7, 11) is 4.04. The van der Waals surface area contributed by atoms with Gasteiger partial charge in [0.2, 0.25) is 0 Å². The average molecular weight is 284 g/mol. The normalized spacial score (nSPS) is 13.6. The molecule has 0 bridgehead atoms. The Labute approximate surface area is 127 Å². The number of benzene rings is 2. The first-order valence-corrected chi connectivity index (χ1v) is 7.18. The van der Waals surface area contributed by atoms with Gasteiger partial charge in [-0.1, -0.05) is 24.3 Å². The fourth-order valence-electron chi connectivity index (χ4n) is 2.37. The van der Waals surface area contributed by atoms with Crippen molar-refractivity contribution >= 4 is 11.4 Å². The summed E-state index contributed by atoms with van der Waals surface area (Å²) < 4.78 is 0. The van der Waals surface area contributed by atoms with Gasteiger partial charge in [0.15, 0.2) is 0 Å². The van der Waals surface area contributed by atoms with Gasteiger partial charge in [0.05, 0.1) is 12.1 Å². The van der Waals surface area contributed by atoms with Crippen LogP contribution in [0.3, 0.4) is 0 Å². The van der Waals surface area contributed by atoms with Crippen molar-refractivity contribution in [1.82, 2.24) is 0 Å². The molecule has 0 aliphatic carbocycles. The number of anilines is 2. The van der Waals surface area contributed by atoms with Crippen LogP contribution in [0.15, 0.2) is 48.5 Å². The van der Waals surface area contributed by atoms with Gasteiger partial charge in [-0.15, -0.1) is 0 Å².